The SMILES string of the molecule is COc1cc(C)c(C(F)(F)CC(C)CC(=O)O)cc1OC. The average molecular weight is 302 g/mol. The van der Waals surface area contributed by atoms with Gasteiger partial charge in [-0.15, -0.1) is 0 Å². The topological polar surface area (TPSA) is 55.8 Å². The molecule has 1 aromatic carbocycles. The maximum atomic E-state index is 14.4. The standard InChI is InChI=1S/C15H20F2O4/c1-9(5-14(18)19)8-15(16,17)11-7-13(21-4)12(20-3)6-10(11)2/h6-7,9H,5,8H2,1-4H3,(H,18,19). The smallest absolute Gasteiger partial charge is 0.303 e. The maximum Gasteiger partial charge on any atom is 0.303 e. The lowest BCUT2D eigenvalue weighted by molar-refractivity contribution is -0.138. The van der Waals surface area contributed by atoms with Crippen LogP contribution in [0.15, 0.2) is 12.1 Å². The van der Waals surface area contributed by atoms with Gasteiger partial charge in [-0.25, -0.2) is 8.78 Å². The largest absolute Gasteiger partial charge is 0.493 e. The Morgan fingerprint density at radius 1 is 1.29 bits per heavy atom. The predicted molar refractivity (Wildman–Crippen MR) is 74.2 cm³/mol. The van der Waals surface area contributed by atoms with Gasteiger partial charge in [-0.2, -0.15) is 0 Å². The number of halogens is 2. The fourth-order valence-corrected chi connectivity index (χ4v) is 2.29. The molecule has 0 bridgehead atoms. The van der Waals surface area contributed by atoms with Crippen molar-refractivity contribution >= 4 is 5.97 Å². The highest BCUT2D eigenvalue weighted by molar-refractivity contribution is 5.66. The summed E-state index contributed by atoms with van der Waals surface area (Å²) in [5.41, 5.74) is 0.206. The van der Waals surface area contributed by atoms with Gasteiger partial charge in [0.05, 0.1) is 14.2 Å². The van der Waals surface area contributed by atoms with Crippen molar-refractivity contribution in [1.82, 2.24) is 0 Å². The summed E-state index contributed by atoms with van der Waals surface area (Å²) >= 11 is 0. The number of rotatable bonds is 7. The quantitative estimate of drug-likeness (QED) is 0.836. The summed E-state index contributed by atoms with van der Waals surface area (Å²) < 4.78 is 38.9. The molecule has 1 rings (SSSR count). The highest BCUT2D eigenvalue weighted by Gasteiger charge is 2.36. The van der Waals surface area contributed by atoms with E-state index in [2.05, 4.69) is 0 Å². The van der Waals surface area contributed by atoms with E-state index >= 15 is 0 Å². The van der Waals surface area contributed by atoms with Crippen molar-refractivity contribution in [1.29, 1.82) is 0 Å². The average Bonchev–Trinajstić information content (AvgIpc) is 2.36. The molecule has 118 valence electrons. The maximum absolute atomic E-state index is 14.4. The number of carboxylic acid groups (broad SMARTS) is 1. The molecule has 6 heteroatoms. The second-order valence-electron chi connectivity index (χ2n) is 5.13. The highest BCUT2D eigenvalue weighted by Crippen LogP contribution is 2.41. The van der Waals surface area contributed by atoms with Gasteiger partial charge < -0.3 is 14.6 Å². The van der Waals surface area contributed by atoms with Gasteiger partial charge in [0.15, 0.2) is 11.5 Å². The van der Waals surface area contributed by atoms with E-state index in [1.807, 2.05) is 0 Å². The zero-order valence-electron chi connectivity index (χ0n) is 12.6. The second-order valence-corrected chi connectivity index (χ2v) is 5.13. The first-order chi connectivity index (χ1) is 9.71. The molecule has 1 N–H and O–H groups in total. The lowest BCUT2D eigenvalue weighted by atomic mass is 9.92. The molecule has 0 heterocycles. The van der Waals surface area contributed by atoms with Crippen molar-refractivity contribution in [2.75, 3.05) is 14.2 Å². The molecule has 0 fully saturated rings. The van der Waals surface area contributed by atoms with E-state index in [0.29, 0.717) is 11.3 Å². The molecular formula is C15H20F2O4. The molecule has 0 saturated heterocycles. The fourth-order valence-electron chi connectivity index (χ4n) is 2.29. The van der Waals surface area contributed by atoms with Crippen molar-refractivity contribution in [3.05, 3.63) is 23.3 Å². The van der Waals surface area contributed by atoms with Gasteiger partial charge in [-0.05, 0) is 30.5 Å². The molecule has 0 aliphatic carbocycles. The zero-order valence-corrected chi connectivity index (χ0v) is 12.6. The van der Waals surface area contributed by atoms with Crippen LogP contribution in [0, 0.1) is 12.8 Å². The third-order valence-electron chi connectivity index (χ3n) is 3.25. The van der Waals surface area contributed by atoms with Crippen LogP contribution >= 0.6 is 0 Å². The first-order valence-corrected chi connectivity index (χ1v) is 6.54. The summed E-state index contributed by atoms with van der Waals surface area (Å²) in [5.74, 6) is -4.23. The van der Waals surface area contributed by atoms with Gasteiger partial charge in [0, 0.05) is 18.4 Å². The Balaban J connectivity index is 3.09. The van der Waals surface area contributed by atoms with Crippen molar-refractivity contribution in [3.8, 4) is 11.5 Å². The number of carbonyl (C=O) groups is 1. The number of aliphatic carboxylic acids is 1. The Bertz CT molecular complexity index is 515. The van der Waals surface area contributed by atoms with Gasteiger partial charge in [-0.3, -0.25) is 4.79 Å². The molecule has 0 amide bonds. The van der Waals surface area contributed by atoms with E-state index in [1.165, 1.54) is 33.3 Å². The van der Waals surface area contributed by atoms with Gasteiger partial charge in [0.1, 0.15) is 0 Å². The Kier molecular flexibility index (Phi) is 5.52. The number of aryl methyl sites for hydroxylation is 1. The van der Waals surface area contributed by atoms with Crippen LogP contribution in [0.2, 0.25) is 0 Å². The van der Waals surface area contributed by atoms with Crippen molar-refractivity contribution in [2.24, 2.45) is 5.92 Å². The van der Waals surface area contributed by atoms with Crippen LogP contribution in [0.25, 0.3) is 0 Å². The number of ether oxygens (including phenoxy) is 2. The zero-order chi connectivity index (χ0) is 16.2. The minimum absolute atomic E-state index is 0.169. The summed E-state index contributed by atoms with van der Waals surface area (Å²) in [6.45, 7) is 3.06. The lowest BCUT2D eigenvalue weighted by Crippen LogP contribution is -2.20. The number of benzene rings is 1. The molecule has 1 unspecified atom stereocenters. The molecule has 1 aromatic rings. The number of hydrogen-bond donors (Lipinski definition) is 1. The van der Waals surface area contributed by atoms with Gasteiger partial charge >= 0.3 is 5.97 Å². The Hall–Kier alpha value is -1.85. The monoisotopic (exact) mass is 302 g/mol. The van der Waals surface area contributed by atoms with Gasteiger partial charge in [0.2, 0.25) is 0 Å². The normalized spacial score (nSPS) is 12.9. The molecule has 0 radical (unpaired) electrons. The molecule has 0 aliphatic rings. The summed E-state index contributed by atoms with van der Waals surface area (Å²) in [6.07, 6.45) is -0.822. The third kappa shape index (κ3) is 4.31. The Labute approximate surface area is 122 Å². The lowest BCUT2D eigenvalue weighted by Gasteiger charge is -2.23. The summed E-state index contributed by atoms with van der Waals surface area (Å²) in [5, 5.41) is 8.67. The van der Waals surface area contributed by atoms with E-state index in [9.17, 15) is 13.6 Å². The third-order valence-corrected chi connectivity index (χ3v) is 3.25. The Morgan fingerprint density at radius 3 is 2.29 bits per heavy atom. The minimum atomic E-state index is -3.13. The van der Waals surface area contributed by atoms with Crippen LogP contribution in [-0.2, 0) is 10.7 Å². The van der Waals surface area contributed by atoms with E-state index in [-0.39, 0.29) is 17.7 Å². The number of alkyl halides is 2. The molecule has 0 aliphatic heterocycles. The van der Waals surface area contributed by atoms with E-state index in [4.69, 9.17) is 14.6 Å². The van der Waals surface area contributed by atoms with Crippen LogP contribution in [0.3, 0.4) is 0 Å². The van der Waals surface area contributed by atoms with Crippen molar-refractivity contribution in [3.63, 3.8) is 0 Å². The minimum Gasteiger partial charge on any atom is -0.493 e. The first-order valence-electron chi connectivity index (χ1n) is 6.54. The molecular weight excluding hydrogens is 282 g/mol. The highest BCUT2D eigenvalue weighted by atomic mass is 19.3. The van der Waals surface area contributed by atoms with E-state index in [1.54, 1.807) is 6.92 Å². The van der Waals surface area contributed by atoms with Gasteiger partial charge in [-0.1, -0.05) is 6.92 Å². The summed E-state index contributed by atoms with van der Waals surface area (Å²) in [6, 6.07) is 2.74. The van der Waals surface area contributed by atoms with Crippen LogP contribution in [0.4, 0.5) is 8.78 Å². The van der Waals surface area contributed by atoms with E-state index < -0.39 is 24.2 Å². The van der Waals surface area contributed by atoms with E-state index in [0.717, 1.165) is 0 Å². The van der Waals surface area contributed by atoms with Gasteiger partial charge in [0.25, 0.3) is 5.92 Å². The summed E-state index contributed by atoms with van der Waals surface area (Å²) in [7, 11) is 2.81. The molecule has 1 atom stereocenters. The summed E-state index contributed by atoms with van der Waals surface area (Å²) in [4.78, 5) is 10.6. The van der Waals surface area contributed by atoms with Crippen molar-refractivity contribution in [2.45, 2.75) is 32.6 Å². The van der Waals surface area contributed by atoms with Crippen LogP contribution in [-0.4, -0.2) is 25.3 Å². The first kappa shape index (κ1) is 17.2. The predicted octanol–water partition coefficient (Wildman–Crippen LogP) is 3.60. The molecule has 0 saturated carbocycles. The fraction of sp³-hybridized carbons (Fsp3) is 0.533. The van der Waals surface area contributed by atoms with Crippen LogP contribution in [0.1, 0.15) is 30.9 Å². The molecule has 0 spiro atoms. The van der Waals surface area contributed by atoms with Crippen LogP contribution < -0.4 is 9.47 Å². The molecule has 0 aromatic heterocycles. The van der Waals surface area contributed by atoms with Crippen molar-refractivity contribution < 1.29 is 28.2 Å². The number of hydrogen-bond acceptors (Lipinski definition) is 3. The number of methoxy groups -OCH3 is 2. The molecule has 21 heavy (non-hydrogen) atoms. The van der Waals surface area contributed by atoms with Crippen LogP contribution in [0.5, 0.6) is 11.5 Å². The Morgan fingerprint density at radius 2 is 1.81 bits per heavy atom. The number of carboxylic acids is 1. The second kappa shape index (κ2) is 6.74. The molecule has 4 nitrogen and oxygen atoms in total.